The summed E-state index contributed by atoms with van der Waals surface area (Å²) in [4.78, 5) is 23.7. The molecule has 1 saturated carbocycles. The number of nitrogens with one attached hydrogen (secondary N) is 1. The molecule has 1 aromatic carbocycles. The summed E-state index contributed by atoms with van der Waals surface area (Å²) in [6, 6.07) is 10.1. The zero-order valence-corrected chi connectivity index (χ0v) is 14.4. The zero-order valence-electron chi connectivity index (χ0n) is 14.4. The number of hydrogen-bond acceptors (Lipinski definition) is 5. The lowest BCUT2D eigenvalue weighted by atomic mass is 10.2. The molecule has 132 valence electrons. The Morgan fingerprint density at radius 1 is 1.12 bits per heavy atom. The van der Waals surface area contributed by atoms with Crippen LogP contribution in [0, 0.1) is 0 Å². The molecule has 1 aliphatic carbocycles. The normalized spacial score (nSPS) is 19.8. The van der Waals surface area contributed by atoms with E-state index in [1.165, 1.54) is 0 Å². The monoisotopic (exact) mass is 348 g/mol. The van der Waals surface area contributed by atoms with Crippen molar-refractivity contribution in [3.8, 4) is 5.69 Å². The van der Waals surface area contributed by atoms with Gasteiger partial charge in [0.05, 0.1) is 17.3 Å². The van der Waals surface area contributed by atoms with E-state index in [0.29, 0.717) is 6.04 Å². The Kier molecular flexibility index (Phi) is 3.58. The molecule has 3 heterocycles. The highest BCUT2D eigenvalue weighted by Gasteiger charge is 2.35. The van der Waals surface area contributed by atoms with Crippen molar-refractivity contribution >= 4 is 22.8 Å². The largest absolute Gasteiger partial charge is 0.352 e. The van der Waals surface area contributed by atoms with Crippen LogP contribution in [0.25, 0.3) is 16.7 Å². The number of amides is 1. The summed E-state index contributed by atoms with van der Waals surface area (Å²) in [7, 11) is 0. The Hall–Kier alpha value is -2.96. The van der Waals surface area contributed by atoms with Crippen molar-refractivity contribution in [2.45, 2.75) is 37.8 Å². The second-order valence-electron chi connectivity index (χ2n) is 6.96. The van der Waals surface area contributed by atoms with Gasteiger partial charge >= 0.3 is 0 Å². The molecule has 2 aliphatic rings. The number of aromatic nitrogens is 4. The topological polar surface area (TPSA) is 75.9 Å². The van der Waals surface area contributed by atoms with Crippen molar-refractivity contribution in [1.29, 1.82) is 0 Å². The lowest BCUT2D eigenvalue weighted by Gasteiger charge is -2.25. The molecule has 1 atom stereocenters. The standard InChI is InChI=1S/C19H20N6O/c26-19(23-13-8-9-13)16-7-4-10-24(16)17-15-11-22-25(18(15)21-12-20-17)14-5-2-1-3-6-14/h1-3,5-6,11-13,16H,4,7-10H2,(H,23,26)/t16-/m0/s1. The van der Waals surface area contributed by atoms with Crippen LogP contribution in [0.3, 0.4) is 0 Å². The predicted octanol–water partition coefficient (Wildman–Crippen LogP) is 2.06. The van der Waals surface area contributed by atoms with E-state index in [4.69, 9.17) is 0 Å². The number of carbonyl (C=O) groups is 1. The molecular weight excluding hydrogens is 328 g/mol. The van der Waals surface area contributed by atoms with E-state index >= 15 is 0 Å². The van der Waals surface area contributed by atoms with Gasteiger partial charge in [-0.15, -0.1) is 0 Å². The van der Waals surface area contributed by atoms with Gasteiger partial charge in [0, 0.05) is 12.6 Å². The van der Waals surface area contributed by atoms with E-state index in [9.17, 15) is 4.79 Å². The first kappa shape index (κ1) is 15.3. The van der Waals surface area contributed by atoms with Crippen LogP contribution in [-0.2, 0) is 4.79 Å². The van der Waals surface area contributed by atoms with E-state index in [1.807, 2.05) is 35.0 Å². The van der Waals surface area contributed by atoms with Gasteiger partial charge in [-0.3, -0.25) is 4.79 Å². The fraction of sp³-hybridized carbons (Fsp3) is 0.368. The van der Waals surface area contributed by atoms with Crippen LogP contribution >= 0.6 is 0 Å². The Morgan fingerprint density at radius 2 is 1.96 bits per heavy atom. The van der Waals surface area contributed by atoms with Gasteiger partial charge in [-0.1, -0.05) is 18.2 Å². The first-order chi connectivity index (χ1) is 12.8. The van der Waals surface area contributed by atoms with E-state index in [-0.39, 0.29) is 11.9 Å². The third kappa shape index (κ3) is 2.60. The van der Waals surface area contributed by atoms with Gasteiger partial charge in [0.15, 0.2) is 5.65 Å². The minimum atomic E-state index is -0.159. The molecule has 2 aromatic heterocycles. The van der Waals surface area contributed by atoms with Crippen molar-refractivity contribution in [2.24, 2.45) is 0 Å². The van der Waals surface area contributed by atoms with Gasteiger partial charge in [-0.2, -0.15) is 5.10 Å². The Morgan fingerprint density at radius 3 is 2.77 bits per heavy atom. The van der Waals surface area contributed by atoms with Crippen molar-refractivity contribution in [1.82, 2.24) is 25.1 Å². The third-order valence-electron chi connectivity index (χ3n) is 5.10. The SMILES string of the molecule is O=C(NC1CC1)[C@@H]1CCCN1c1ncnc2c1cnn2-c1ccccc1. The maximum Gasteiger partial charge on any atom is 0.242 e. The molecular formula is C19H20N6O. The highest BCUT2D eigenvalue weighted by atomic mass is 16.2. The summed E-state index contributed by atoms with van der Waals surface area (Å²) in [6.45, 7) is 0.825. The van der Waals surface area contributed by atoms with Crippen molar-refractivity contribution in [3.05, 3.63) is 42.9 Å². The summed E-state index contributed by atoms with van der Waals surface area (Å²) in [5.74, 6) is 0.915. The van der Waals surface area contributed by atoms with Crippen LogP contribution < -0.4 is 10.2 Å². The van der Waals surface area contributed by atoms with E-state index in [0.717, 1.165) is 54.8 Å². The smallest absolute Gasteiger partial charge is 0.242 e. The van der Waals surface area contributed by atoms with Crippen LogP contribution in [0.2, 0.25) is 0 Å². The van der Waals surface area contributed by atoms with E-state index < -0.39 is 0 Å². The minimum Gasteiger partial charge on any atom is -0.352 e. The van der Waals surface area contributed by atoms with Crippen molar-refractivity contribution in [2.75, 3.05) is 11.4 Å². The molecule has 0 unspecified atom stereocenters. The summed E-state index contributed by atoms with van der Waals surface area (Å²) in [5.41, 5.74) is 1.71. The molecule has 2 fully saturated rings. The van der Waals surface area contributed by atoms with Crippen LogP contribution in [0.4, 0.5) is 5.82 Å². The molecule has 1 aliphatic heterocycles. The molecule has 0 bridgehead atoms. The summed E-state index contributed by atoms with van der Waals surface area (Å²) < 4.78 is 1.82. The zero-order chi connectivity index (χ0) is 17.5. The van der Waals surface area contributed by atoms with Gasteiger partial charge in [-0.25, -0.2) is 14.6 Å². The fourth-order valence-corrected chi connectivity index (χ4v) is 3.64. The number of nitrogens with zero attached hydrogens (tertiary/aromatic N) is 5. The number of fused-ring (bicyclic) bond motifs is 1. The van der Waals surface area contributed by atoms with Crippen LogP contribution in [0.15, 0.2) is 42.9 Å². The van der Waals surface area contributed by atoms with Crippen LogP contribution in [-0.4, -0.2) is 44.3 Å². The average Bonchev–Trinajstić information content (AvgIpc) is 3.20. The predicted molar refractivity (Wildman–Crippen MR) is 98.2 cm³/mol. The number of benzene rings is 1. The molecule has 0 radical (unpaired) electrons. The quantitative estimate of drug-likeness (QED) is 0.781. The van der Waals surface area contributed by atoms with Crippen LogP contribution in [0.1, 0.15) is 25.7 Å². The molecule has 0 spiro atoms. The van der Waals surface area contributed by atoms with Crippen molar-refractivity contribution < 1.29 is 4.79 Å². The minimum absolute atomic E-state index is 0.118. The third-order valence-corrected chi connectivity index (χ3v) is 5.10. The highest BCUT2D eigenvalue weighted by Crippen LogP contribution is 2.31. The second kappa shape index (κ2) is 6.09. The molecule has 26 heavy (non-hydrogen) atoms. The molecule has 3 aromatic rings. The Labute approximate surface area is 151 Å². The first-order valence-corrected chi connectivity index (χ1v) is 9.12. The summed E-state index contributed by atoms with van der Waals surface area (Å²) >= 11 is 0. The van der Waals surface area contributed by atoms with Gasteiger partial charge < -0.3 is 10.2 Å². The maximum atomic E-state index is 12.6. The molecule has 7 nitrogen and oxygen atoms in total. The number of rotatable bonds is 4. The first-order valence-electron chi connectivity index (χ1n) is 9.12. The maximum absolute atomic E-state index is 12.6. The Balaban J connectivity index is 1.52. The number of anilines is 1. The molecule has 1 amide bonds. The number of carbonyl (C=O) groups excluding carboxylic acids is 1. The fourth-order valence-electron chi connectivity index (χ4n) is 3.64. The lowest BCUT2D eigenvalue weighted by Crippen LogP contribution is -2.44. The number of hydrogen-bond donors (Lipinski definition) is 1. The highest BCUT2D eigenvalue weighted by molar-refractivity contribution is 5.92. The van der Waals surface area contributed by atoms with Gasteiger partial charge in [0.1, 0.15) is 18.2 Å². The van der Waals surface area contributed by atoms with Gasteiger partial charge in [0.25, 0.3) is 0 Å². The molecule has 5 rings (SSSR count). The van der Waals surface area contributed by atoms with E-state index in [1.54, 1.807) is 12.5 Å². The average molecular weight is 348 g/mol. The second-order valence-corrected chi connectivity index (χ2v) is 6.96. The van der Waals surface area contributed by atoms with Crippen LogP contribution in [0.5, 0.6) is 0 Å². The summed E-state index contributed by atoms with van der Waals surface area (Å²) in [6.07, 6.45) is 7.40. The molecule has 7 heteroatoms. The summed E-state index contributed by atoms with van der Waals surface area (Å²) in [5, 5.41) is 8.52. The number of para-hydroxylation sites is 1. The molecule has 1 N–H and O–H groups in total. The van der Waals surface area contributed by atoms with Crippen molar-refractivity contribution in [3.63, 3.8) is 0 Å². The van der Waals surface area contributed by atoms with Gasteiger partial charge in [-0.05, 0) is 37.8 Å². The lowest BCUT2D eigenvalue weighted by molar-refractivity contribution is -0.122. The Bertz CT molecular complexity index is 949. The van der Waals surface area contributed by atoms with E-state index in [2.05, 4.69) is 25.3 Å². The van der Waals surface area contributed by atoms with Gasteiger partial charge in [0.2, 0.25) is 5.91 Å². The molecule has 1 saturated heterocycles.